The first kappa shape index (κ1) is 11.4. The average Bonchev–Trinajstić information content (AvgIpc) is 2.71. The molecule has 17 heavy (non-hydrogen) atoms. The topological polar surface area (TPSA) is 57.6 Å². The molecule has 2 rings (SSSR count). The Morgan fingerprint density at radius 1 is 1.47 bits per heavy atom. The minimum Gasteiger partial charge on any atom is -0.478 e. The van der Waals surface area contributed by atoms with Gasteiger partial charge in [-0.25, -0.2) is 4.79 Å². The summed E-state index contributed by atoms with van der Waals surface area (Å²) in [6.07, 6.45) is 2.59. The van der Waals surface area contributed by atoms with Gasteiger partial charge in [0.2, 0.25) is 5.91 Å². The molecule has 0 aliphatic carbocycles. The number of nitrogens with zero attached hydrogens (tertiary/aromatic N) is 1. The highest BCUT2D eigenvalue weighted by atomic mass is 16.4. The van der Waals surface area contributed by atoms with E-state index in [0.29, 0.717) is 19.4 Å². The molecule has 0 atom stereocenters. The number of amides is 1. The smallest absolute Gasteiger partial charge is 0.335 e. The van der Waals surface area contributed by atoms with Crippen molar-refractivity contribution in [1.82, 2.24) is 0 Å². The molecule has 0 unspecified atom stereocenters. The molecule has 1 amide bonds. The number of hydrogen-bond acceptors (Lipinski definition) is 2. The first-order chi connectivity index (χ1) is 8.13. The average molecular weight is 231 g/mol. The molecule has 4 nitrogen and oxygen atoms in total. The Labute approximate surface area is 99.2 Å². The van der Waals surface area contributed by atoms with Crippen molar-refractivity contribution in [3.63, 3.8) is 0 Å². The molecular formula is C13H13NO3. The molecule has 0 aromatic heterocycles. The summed E-state index contributed by atoms with van der Waals surface area (Å²) in [6.45, 7) is 4.16. The Morgan fingerprint density at radius 3 is 2.88 bits per heavy atom. The Hall–Kier alpha value is -2.10. The van der Waals surface area contributed by atoms with Crippen LogP contribution in [0.2, 0.25) is 0 Å². The van der Waals surface area contributed by atoms with Crippen molar-refractivity contribution >= 4 is 17.6 Å². The first-order valence-electron chi connectivity index (χ1n) is 5.41. The lowest BCUT2D eigenvalue weighted by Gasteiger charge is -2.16. The second kappa shape index (κ2) is 4.41. The van der Waals surface area contributed by atoms with E-state index in [2.05, 4.69) is 6.58 Å². The molecule has 1 aliphatic heterocycles. The van der Waals surface area contributed by atoms with Gasteiger partial charge in [-0.2, -0.15) is 0 Å². The number of fused-ring (bicyclic) bond motifs is 1. The standard InChI is InChI=1S/C13H13NO3/c1-2-3-12(15)14-7-6-9-8-10(13(16)17)4-5-11(9)14/h2,4-5,8H,1,3,6-7H2,(H,16,17). The van der Waals surface area contributed by atoms with Gasteiger partial charge in [0.1, 0.15) is 0 Å². The zero-order chi connectivity index (χ0) is 12.4. The van der Waals surface area contributed by atoms with Gasteiger partial charge in [-0.05, 0) is 30.2 Å². The van der Waals surface area contributed by atoms with Gasteiger partial charge in [0.15, 0.2) is 0 Å². The number of benzene rings is 1. The maximum Gasteiger partial charge on any atom is 0.335 e. The molecule has 0 spiro atoms. The van der Waals surface area contributed by atoms with Gasteiger partial charge < -0.3 is 10.0 Å². The van der Waals surface area contributed by atoms with Gasteiger partial charge in [-0.1, -0.05) is 6.08 Å². The van der Waals surface area contributed by atoms with Crippen LogP contribution in [0, 0.1) is 0 Å². The van der Waals surface area contributed by atoms with Crippen LogP contribution in [0.4, 0.5) is 5.69 Å². The fourth-order valence-electron chi connectivity index (χ4n) is 2.03. The fraction of sp³-hybridized carbons (Fsp3) is 0.231. The summed E-state index contributed by atoms with van der Waals surface area (Å²) >= 11 is 0. The Morgan fingerprint density at radius 2 is 2.24 bits per heavy atom. The number of carboxylic acid groups (broad SMARTS) is 1. The monoisotopic (exact) mass is 231 g/mol. The summed E-state index contributed by atoms with van der Waals surface area (Å²) in [5.41, 5.74) is 2.01. The van der Waals surface area contributed by atoms with Crippen LogP contribution in [0.1, 0.15) is 22.3 Å². The third-order valence-corrected chi connectivity index (χ3v) is 2.84. The van der Waals surface area contributed by atoms with Crippen molar-refractivity contribution < 1.29 is 14.7 Å². The SMILES string of the molecule is C=CCC(=O)N1CCc2cc(C(=O)O)ccc21. The van der Waals surface area contributed by atoms with Gasteiger partial charge in [-0.3, -0.25) is 4.79 Å². The molecule has 88 valence electrons. The van der Waals surface area contributed by atoms with Crippen molar-refractivity contribution in [3.8, 4) is 0 Å². The largest absolute Gasteiger partial charge is 0.478 e. The lowest BCUT2D eigenvalue weighted by atomic mass is 10.1. The van der Waals surface area contributed by atoms with Crippen LogP contribution in [0.5, 0.6) is 0 Å². The second-order valence-electron chi connectivity index (χ2n) is 3.94. The third-order valence-electron chi connectivity index (χ3n) is 2.84. The molecule has 1 aromatic rings. The van der Waals surface area contributed by atoms with E-state index < -0.39 is 5.97 Å². The van der Waals surface area contributed by atoms with Crippen molar-refractivity contribution in [1.29, 1.82) is 0 Å². The Balaban J connectivity index is 2.30. The maximum absolute atomic E-state index is 11.8. The van der Waals surface area contributed by atoms with Crippen molar-refractivity contribution in [2.45, 2.75) is 12.8 Å². The van der Waals surface area contributed by atoms with Gasteiger partial charge in [-0.15, -0.1) is 6.58 Å². The maximum atomic E-state index is 11.8. The minimum atomic E-state index is -0.941. The molecular weight excluding hydrogens is 218 g/mol. The van der Waals surface area contributed by atoms with E-state index in [4.69, 9.17) is 5.11 Å². The van der Waals surface area contributed by atoms with E-state index in [1.54, 1.807) is 23.1 Å². The molecule has 0 saturated heterocycles. The molecule has 0 bridgehead atoms. The number of anilines is 1. The van der Waals surface area contributed by atoms with E-state index >= 15 is 0 Å². The molecule has 1 aromatic carbocycles. The number of carbonyl (C=O) groups excluding carboxylic acids is 1. The van der Waals surface area contributed by atoms with Crippen LogP contribution >= 0.6 is 0 Å². The summed E-state index contributed by atoms with van der Waals surface area (Å²) in [5, 5.41) is 8.88. The zero-order valence-electron chi connectivity index (χ0n) is 9.35. The quantitative estimate of drug-likeness (QED) is 0.808. The Bertz CT molecular complexity index is 493. The van der Waals surface area contributed by atoms with Crippen LogP contribution in [0.15, 0.2) is 30.9 Å². The van der Waals surface area contributed by atoms with Gasteiger partial charge in [0.25, 0.3) is 0 Å². The van der Waals surface area contributed by atoms with Crippen LogP contribution in [-0.2, 0) is 11.2 Å². The van der Waals surface area contributed by atoms with Gasteiger partial charge in [0, 0.05) is 18.7 Å². The van der Waals surface area contributed by atoms with Crippen LogP contribution in [-0.4, -0.2) is 23.5 Å². The number of hydrogen-bond donors (Lipinski definition) is 1. The molecule has 0 radical (unpaired) electrons. The highest BCUT2D eigenvalue weighted by molar-refractivity contribution is 5.97. The van der Waals surface area contributed by atoms with E-state index in [9.17, 15) is 9.59 Å². The summed E-state index contributed by atoms with van der Waals surface area (Å²) in [5.74, 6) is -0.939. The second-order valence-corrected chi connectivity index (χ2v) is 3.94. The molecule has 0 saturated carbocycles. The summed E-state index contributed by atoms with van der Waals surface area (Å²) in [4.78, 5) is 24.3. The summed E-state index contributed by atoms with van der Waals surface area (Å²) < 4.78 is 0. The lowest BCUT2D eigenvalue weighted by Crippen LogP contribution is -2.28. The highest BCUT2D eigenvalue weighted by Crippen LogP contribution is 2.29. The molecule has 1 N–H and O–H groups in total. The van der Waals surface area contributed by atoms with E-state index in [1.165, 1.54) is 6.07 Å². The first-order valence-corrected chi connectivity index (χ1v) is 5.41. The van der Waals surface area contributed by atoms with Crippen molar-refractivity contribution in [2.75, 3.05) is 11.4 Å². The van der Waals surface area contributed by atoms with Gasteiger partial charge >= 0.3 is 5.97 Å². The Kier molecular flexibility index (Phi) is 2.95. The van der Waals surface area contributed by atoms with E-state index in [-0.39, 0.29) is 11.5 Å². The fourth-order valence-corrected chi connectivity index (χ4v) is 2.03. The number of rotatable bonds is 3. The summed E-state index contributed by atoms with van der Waals surface area (Å²) in [6, 6.07) is 4.87. The van der Waals surface area contributed by atoms with Crippen LogP contribution < -0.4 is 4.90 Å². The van der Waals surface area contributed by atoms with E-state index in [1.807, 2.05) is 0 Å². The third kappa shape index (κ3) is 2.06. The van der Waals surface area contributed by atoms with Crippen molar-refractivity contribution in [3.05, 3.63) is 42.0 Å². The molecule has 0 fully saturated rings. The van der Waals surface area contributed by atoms with Crippen molar-refractivity contribution in [2.24, 2.45) is 0 Å². The number of aromatic carboxylic acids is 1. The molecule has 1 heterocycles. The predicted octanol–water partition coefficient (Wildman–Crippen LogP) is 1.85. The summed E-state index contributed by atoms with van der Waals surface area (Å²) in [7, 11) is 0. The van der Waals surface area contributed by atoms with E-state index in [0.717, 1.165) is 11.3 Å². The van der Waals surface area contributed by atoms with Crippen LogP contribution in [0.25, 0.3) is 0 Å². The van der Waals surface area contributed by atoms with Crippen LogP contribution in [0.3, 0.4) is 0 Å². The highest BCUT2D eigenvalue weighted by Gasteiger charge is 2.24. The normalized spacial score (nSPS) is 13.3. The molecule has 4 heteroatoms. The number of carboxylic acids is 1. The number of carbonyl (C=O) groups is 2. The molecule has 1 aliphatic rings. The van der Waals surface area contributed by atoms with Gasteiger partial charge in [0.05, 0.1) is 5.56 Å². The predicted molar refractivity (Wildman–Crippen MR) is 64.3 cm³/mol. The lowest BCUT2D eigenvalue weighted by molar-refractivity contribution is -0.117. The minimum absolute atomic E-state index is 0.00169. The zero-order valence-corrected chi connectivity index (χ0v) is 9.35.